The zero-order chi connectivity index (χ0) is 38.4. The second-order valence-corrected chi connectivity index (χ2v) is 16.3. The Morgan fingerprint density at radius 1 is 0.929 bits per heavy atom. The predicted octanol–water partition coefficient (Wildman–Crippen LogP) is 5.29. The molecule has 0 bridgehead atoms. The lowest BCUT2D eigenvalue weighted by Crippen LogP contribution is -2.55. The number of hydrogen-bond acceptors (Lipinski definition) is 10. The summed E-state index contributed by atoms with van der Waals surface area (Å²) in [5.41, 5.74) is 7.64. The third-order valence-corrected chi connectivity index (χ3v) is 12.8. The van der Waals surface area contributed by atoms with Gasteiger partial charge in [-0.3, -0.25) is 10.3 Å². The summed E-state index contributed by atoms with van der Waals surface area (Å²) in [5, 5.41) is 41.3. The van der Waals surface area contributed by atoms with Gasteiger partial charge in [-0.1, -0.05) is 43.5 Å². The van der Waals surface area contributed by atoms with Crippen LogP contribution in [0, 0.1) is 0 Å². The Hall–Kier alpha value is -4.61. The highest BCUT2D eigenvalue weighted by Gasteiger charge is 2.50. The Kier molecular flexibility index (Phi) is 10.2. The van der Waals surface area contributed by atoms with Crippen LogP contribution in [-0.4, -0.2) is 73.7 Å². The van der Waals surface area contributed by atoms with Crippen molar-refractivity contribution >= 4 is 6.08 Å². The maximum atomic E-state index is 10.9. The van der Waals surface area contributed by atoms with E-state index in [1.54, 1.807) is 19.2 Å². The second-order valence-electron chi connectivity index (χ2n) is 16.3. The fourth-order valence-electron chi connectivity index (χ4n) is 10.0. The van der Waals surface area contributed by atoms with Crippen molar-refractivity contribution < 1.29 is 34.3 Å². The molecule has 4 unspecified atom stereocenters. The molecule has 3 aliphatic heterocycles. The van der Waals surface area contributed by atoms with Crippen LogP contribution in [0.3, 0.4) is 0 Å². The molecule has 0 aromatic heterocycles. The van der Waals surface area contributed by atoms with Crippen LogP contribution in [-0.2, 0) is 30.4 Å². The van der Waals surface area contributed by atoms with Gasteiger partial charge in [0.1, 0.15) is 29.0 Å². The number of phenols is 2. The number of rotatable bonds is 11. The van der Waals surface area contributed by atoms with Crippen molar-refractivity contribution in [2.75, 3.05) is 40.6 Å². The van der Waals surface area contributed by atoms with E-state index in [9.17, 15) is 15.3 Å². The number of benzene rings is 4. The van der Waals surface area contributed by atoms with E-state index in [-0.39, 0.29) is 30.1 Å². The molecule has 0 radical (unpaired) electrons. The summed E-state index contributed by atoms with van der Waals surface area (Å²) in [5.74, 6) is 2.31. The summed E-state index contributed by atoms with van der Waals surface area (Å²) in [4.78, 5) is 4.61. The lowest BCUT2D eigenvalue weighted by atomic mass is 9.70. The molecule has 5 aliphatic rings. The van der Waals surface area contributed by atoms with Gasteiger partial charge >= 0.3 is 0 Å². The fraction of sp³-hybridized carbons (Fsp3) is 0.457. The molecule has 0 spiro atoms. The van der Waals surface area contributed by atoms with E-state index in [1.165, 1.54) is 30.0 Å². The van der Waals surface area contributed by atoms with Gasteiger partial charge in [0.2, 0.25) is 0 Å². The monoisotopic (exact) mass is 759 g/mol. The van der Waals surface area contributed by atoms with E-state index in [0.717, 1.165) is 75.1 Å². The minimum atomic E-state index is -0.847. The van der Waals surface area contributed by atoms with Crippen molar-refractivity contribution in [1.82, 2.24) is 10.6 Å². The predicted molar refractivity (Wildman–Crippen MR) is 214 cm³/mol. The number of likely N-dealkylation sites (N-methyl/N-ethyl adjacent to an activating group) is 1. The average molecular weight is 760 g/mol. The Balaban J connectivity index is 1.21. The molecule has 56 heavy (non-hydrogen) atoms. The van der Waals surface area contributed by atoms with Gasteiger partial charge in [-0.2, -0.15) is 0 Å². The van der Waals surface area contributed by atoms with Crippen molar-refractivity contribution in [2.24, 2.45) is 4.99 Å². The lowest BCUT2D eigenvalue weighted by Gasteiger charge is -2.47. The van der Waals surface area contributed by atoms with Crippen LogP contribution in [0.2, 0.25) is 0 Å². The molecule has 294 valence electrons. The summed E-state index contributed by atoms with van der Waals surface area (Å²) in [7, 11) is 3.51. The molecule has 4 aromatic rings. The van der Waals surface area contributed by atoms with Crippen LogP contribution in [0.4, 0.5) is 0 Å². The zero-order valence-electron chi connectivity index (χ0n) is 32.4. The van der Waals surface area contributed by atoms with Crippen molar-refractivity contribution in [3.8, 4) is 39.9 Å². The van der Waals surface area contributed by atoms with Crippen molar-refractivity contribution in [3.63, 3.8) is 0 Å². The molecule has 5 N–H and O–H groups in total. The van der Waals surface area contributed by atoms with E-state index >= 15 is 0 Å². The van der Waals surface area contributed by atoms with Gasteiger partial charge in [0.05, 0.1) is 32.3 Å². The van der Waals surface area contributed by atoms with Gasteiger partial charge in [-0.05, 0) is 121 Å². The molecule has 4 atom stereocenters. The van der Waals surface area contributed by atoms with Crippen LogP contribution in [0.1, 0.15) is 83.9 Å². The van der Waals surface area contributed by atoms with Crippen molar-refractivity contribution in [1.29, 1.82) is 0 Å². The van der Waals surface area contributed by atoms with E-state index in [1.807, 2.05) is 31.3 Å². The molecule has 3 heterocycles. The molecular weight excluding hydrogens is 707 g/mol. The lowest BCUT2D eigenvalue weighted by molar-refractivity contribution is -0.131. The largest absolute Gasteiger partial charge is 0.508 e. The Morgan fingerprint density at radius 3 is 2.62 bits per heavy atom. The highest BCUT2D eigenvalue weighted by Crippen LogP contribution is 2.57. The first-order chi connectivity index (χ1) is 27.4. The molecule has 0 amide bonds. The van der Waals surface area contributed by atoms with E-state index < -0.39 is 11.7 Å². The van der Waals surface area contributed by atoms with Gasteiger partial charge in [-0.25, -0.2) is 0 Å². The standard InChI is InChI=1S/C46H53N3O7/c1-47-25-46(54-26-49-31-6-4-3-5-7-31)23-38-37-20-30(19-27-8-14-39-28(18-27)16-17-48-39)36-22-32(51)10-12-34(36)42(37)44-35(13-11-33(24-50)55-44)43(38)56-45(46)29-9-15-40(52)41(21-29)53-2/h8-10,12,14-16,18,21-22,30-31,33,45,47,49-52H,3-7,11,13,17,19-20,23-26H2,1-2H3. The fourth-order valence-corrected chi connectivity index (χ4v) is 10.0. The topological polar surface area (TPSA) is 134 Å². The molecule has 1 fully saturated rings. The number of phenolic OH excluding ortho intramolecular Hbond substituents is 2. The molecule has 9 rings (SSSR count). The number of aromatic hydroxyl groups is 2. The smallest absolute Gasteiger partial charge is 0.160 e. The van der Waals surface area contributed by atoms with Gasteiger partial charge in [0.25, 0.3) is 0 Å². The molecule has 2 aliphatic carbocycles. The maximum Gasteiger partial charge on any atom is 0.160 e. The minimum Gasteiger partial charge on any atom is -0.508 e. The SMILES string of the molecule is CNCC1(OCNC2CCCCC2)Cc2c3c(c4c(c2OC1c1ccc(O)c(OC)c1)CCC(CO)O4)-c1ccc(O)cc1C(Cc1ccc2c(c1)=CCN=2)C3. The first-order valence-electron chi connectivity index (χ1n) is 20.4. The van der Waals surface area contributed by atoms with E-state index in [2.05, 4.69) is 39.9 Å². The summed E-state index contributed by atoms with van der Waals surface area (Å²) in [6, 6.07) is 18.1. The Labute approximate surface area is 328 Å². The van der Waals surface area contributed by atoms with Crippen molar-refractivity contribution in [3.05, 3.63) is 98.6 Å². The summed E-state index contributed by atoms with van der Waals surface area (Å²) in [6.07, 6.45) is 10.7. The number of hydrogen-bond donors (Lipinski definition) is 5. The van der Waals surface area contributed by atoms with Crippen LogP contribution >= 0.6 is 0 Å². The Bertz CT molecular complexity index is 2250. The minimum absolute atomic E-state index is 0.0621. The van der Waals surface area contributed by atoms with Gasteiger partial charge < -0.3 is 39.6 Å². The van der Waals surface area contributed by atoms with Crippen molar-refractivity contribution in [2.45, 2.75) is 94.0 Å². The summed E-state index contributed by atoms with van der Waals surface area (Å²) < 4.78 is 26.9. The quantitative estimate of drug-likeness (QED) is 0.130. The maximum absolute atomic E-state index is 10.9. The number of ether oxygens (including phenoxy) is 4. The second kappa shape index (κ2) is 15.4. The highest BCUT2D eigenvalue weighted by atomic mass is 16.6. The number of methoxy groups -OCH3 is 1. The number of aliphatic hydroxyl groups is 1. The van der Waals surface area contributed by atoms with Gasteiger partial charge in [0, 0.05) is 35.7 Å². The summed E-state index contributed by atoms with van der Waals surface area (Å²) >= 11 is 0. The van der Waals surface area contributed by atoms with Gasteiger partial charge in [-0.15, -0.1) is 0 Å². The van der Waals surface area contributed by atoms with Crippen LogP contribution in [0.5, 0.6) is 28.7 Å². The molecular formula is C46H53N3O7. The van der Waals surface area contributed by atoms with Crippen LogP contribution in [0.15, 0.2) is 59.6 Å². The molecule has 1 saturated carbocycles. The molecule has 10 nitrogen and oxygen atoms in total. The number of aliphatic hydroxyl groups excluding tert-OH is 1. The van der Waals surface area contributed by atoms with Gasteiger partial charge in [0.15, 0.2) is 17.6 Å². The highest BCUT2D eigenvalue weighted by molar-refractivity contribution is 5.85. The number of fused-ring (bicyclic) bond motifs is 9. The van der Waals surface area contributed by atoms with Crippen LogP contribution < -0.4 is 35.4 Å². The first-order valence-corrected chi connectivity index (χ1v) is 20.4. The zero-order valence-corrected chi connectivity index (χ0v) is 32.4. The molecule has 10 heteroatoms. The van der Waals surface area contributed by atoms with Crippen LogP contribution in [0.25, 0.3) is 17.2 Å². The number of nitrogens with one attached hydrogen (secondary N) is 2. The average Bonchev–Trinajstić information content (AvgIpc) is 3.69. The summed E-state index contributed by atoms with van der Waals surface area (Å²) in [6.45, 7) is 1.51. The third kappa shape index (κ3) is 6.70. The first kappa shape index (κ1) is 37.0. The number of nitrogens with zero attached hydrogens (tertiary/aromatic N) is 1. The molecule has 0 saturated heterocycles. The normalized spacial score (nSPS) is 23.6. The Morgan fingerprint density at radius 2 is 1.80 bits per heavy atom. The third-order valence-electron chi connectivity index (χ3n) is 12.8. The van der Waals surface area contributed by atoms with E-state index in [0.29, 0.717) is 57.3 Å². The molecule has 4 aromatic carbocycles. The van der Waals surface area contributed by atoms with E-state index in [4.69, 9.17) is 18.9 Å².